The summed E-state index contributed by atoms with van der Waals surface area (Å²) in [7, 11) is -3.66. The molecule has 0 aromatic heterocycles. The molecule has 0 saturated carbocycles. The second-order valence-corrected chi connectivity index (χ2v) is 6.13. The zero-order valence-corrected chi connectivity index (χ0v) is 12.4. The van der Waals surface area contributed by atoms with Gasteiger partial charge in [0.2, 0.25) is 0 Å². The first-order valence-electron chi connectivity index (χ1n) is 6.65. The minimum atomic E-state index is -3.66. The van der Waals surface area contributed by atoms with Crippen LogP contribution in [-0.4, -0.2) is 11.5 Å². The van der Waals surface area contributed by atoms with Crippen molar-refractivity contribution in [3.63, 3.8) is 0 Å². The van der Waals surface area contributed by atoms with Crippen LogP contribution < -0.4 is 5.30 Å². The molecule has 0 aliphatic rings. The molecule has 4 heteroatoms. The summed E-state index contributed by atoms with van der Waals surface area (Å²) >= 11 is 0. The molecule has 1 rings (SSSR count). The maximum Gasteiger partial charge on any atom is 0.359 e. The summed E-state index contributed by atoms with van der Waals surface area (Å²) in [4.78, 5) is 10.0. The highest BCUT2D eigenvalue weighted by Crippen LogP contribution is 2.42. The molecular weight excluding hydrogens is 247 g/mol. The third kappa shape index (κ3) is 3.68. The molecule has 0 saturated heterocycles. The summed E-state index contributed by atoms with van der Waals surface area (Å²) in [6.45, 7) is 6.18. The summed E-state index contributed by atoms with van der Waals surface area (Å²) in [6.07, 6.45) is 3.75. The quantitative estimate of drug-likeness (QED) is 0.772. The maximum absolute atomic E-state index is 12.2. The Morgan fingerprint density at radius 1 is 1.17 bits per heavy atom. The molecule has 102 valence electrons. The fraction of sp³-hybridized carbons (Fsp3) is 0.571. The van der Waals surface area contributed by atoms with Gasteiger partial charge in [-0.1, -0.05) is 38.8 Å². The van der Waals surface area contributed by atoms with Gasteiger partial charge in [-0.2, -0.15) is 0 Å². The van der Waals surface area contributed by atoms with Gasteiger partial charge < -0.3 is 9.42 Å². The van der Waals surface area contributed by atoms with Gasteiger partial charge in [-0.3, -0.25) is 4.57 Å². The first kappa shape index (κ1) is 15.4. The van der Waals surface area contributed by atoms with E-state index < -0.39 is 7.60 Å². The molecule has 18 heavy (non-hydrogen) atoms. The van der Waals surface area contributed by atoms with Crippen molar-refractivity contribution in [1.29, 1.82) is 0 Å². The Labute approximate surface area is 110 Å². The van der Waals surface area contributed by atoms with E-state index in [1.54, 1.807) is 13.0 Å². The van der Waals surface area contributed by atoms with E-state index in [9.17, 15) is 9.46 Å². The number of hydrogen-bond acceptors (Lipinski definition) is 2. The number of benzene rings is 1. The van der Waals surface area contributed by atoms with Crippen molar-refractivity contribution in [2.24, 2.45) is 0 Å². The lowest BCUT2D eigenvalue weighted by Crippen LogP contribution is -2.15. The summed E-state index contributed by atoms with van der Waals surface area (Å²) < 4.78 is 17.2. The fourth-order valence-corrected chi connectivity index (χ4v) is 3.53. The standard InChI is InChI=1S/C14H23O3P/c1-4-8-12-10-7-11-14(13(12)9-5-2)18(15,16)17-6-3/h7,10-11H,4-6,8-9H2,1-3H3,(H,15,16). The van der Waals surface area contributed by atoms with E-state index in [1.807, 2.05) is 12.1 Å². The Kier molecular flexibility index (Phi) is 6.07. The van der Waals surface area contributed by atoms with Crippen LogP contribution in [0, 0.1) is 0 Å². The zero-order chi connectivity index (χ0) is 13.6. The van der Waals surface area contributed by atoms with Crippen LogP contribution in [0.5, 0.6) is 0 Å². The highest BCUT2D eigenvalue weighted by atomic mass is 31.2. The summed E-state index contributed by atoms with van der Waals surface area (Å²) in [5, 5.41) is 0.483. The first-order chi connectivity index (χ1) is 8.56. The van der Waals surface area contributed by atoms with Crippen LogP contribution in [0.2, 0.25) is 0 Å². The predicted octanol–water partition coefficient (Wildman–Crippen LogP) is 3.44. The average Bonchev–Trinajstić information content (AvgIpc) is 2.31. The fourth-order valence-electron chi connectivity index (χ4n) is 2.17. The van der Waals surface area contributed by atoms with Crippen LogP contribution in [0.4, 0.5) is 0 Å². The molecule has 1 aromatic carbocycles. The lowest BCUT2D eigenvalue weighted by Gasteiger charge is -2.18. The van der Waals surface area contributed by atoms with Gasteiger partial charge in [0.25, 0.3) is 0 Å². The van der Waals surface area contributed by atoms with E-state index in [2.05, 4.69) is 13.8 Å². The minimum Gasteiger partial charge on any atom is -0.321 e. The average molecular weight is 270 g/mol. The molecule has 0 bridgehead atoms. The molecule has 0 fully saturated rings. The molecular formula is C14H23O3P. The second-order valence-electron chi connectivity index (χ2n) is 4.35. The van der Waals surface area contributed by atoms with Gasteiger partial charge in [0.15, 0.2) is 0 Å². The van der Waals surface area contributed by atoms with Crippen molar-refractivity contribution >= 4 is 12.9 Å². The van der Waals surface area contributed by atoms with E-state index in [1.165, 1.54) is 5.56 Å². The van der Waals surface area contributed by atoms with Crippen LogP contribution in [0.15, 0.2) is 18.2 Å². The van der Waals surface area contributed by atoms with Gasteiger partial charge in [0, 0.05) is 0 Å². The van der Waals surface area contributed by atoms with E-state index in [-0.39, 0.29) is 6.61 Å². The van der Waals surface area contributed by atoms with Crippen molar-refractivity contribution in [3.05, 3.63) is 29.3 Å². The van der Waals surface area contributed by atoms with Crippen LogP contribution in [0.3, 0.4) is 0 Å². The highest BCUT2D eigenvalue weighted by Gasteiger charge is 2.26. The van der Waals surface area contributed by atoms with E-state index in [0.717, 1.165) is 31.2 Å². The lowest BCUT2D eigenvalue weighted by molar-refractivity contribution is 0.284. The predicted molar refractivity (Wildman–Crippen MR) is 75.5 cm³/mol. The minimum absolute atomic E-state index is 0.247. The smallest absolute Gasteiger partial charge is 0.321 e. The number of aryl methyl sites for hydroxylation is 1. The molecule has 1 N–H and O–H groups in total. The molecule has 0 amide bonds. The summed E-state index contributed by atoms with van der Waals surface area (Å²) in [6, 6.07) is 5.62. The van der Waals surface area contributed by atoms with Gasteiger partial charge in [-0.15, -0.1) is 0 Å². The Bertz CT molecular complexity index is 429. The van der Waals surface area contributed by atoms with E-state index >= 15 is 0 Å². The van der Waals surface area contributed by atoms with Crippen molar-refractivity contribution in [1.82, 2.24) is 0 Å². The van der Waals surface area contributed by atoms with E-state index in [4.69, 9.17) is 4.52 Å². The molecule has 0 spiro atoms. The molecule has 1 unspecified atom stereocenters. The Hall–Kier alpha value is -0.630. The monoisotopic (exact) mass is 270 g/mol. The molecule has 0 heterocycles. The molecule has 1 aromatic rings. The SMILES string of the molecule is CCCc1cccc(P(=O)(O)OCC)c1CCC. The van der Waals surface area contributed by atoms with Gasteiger partial charge in [0.1, 0.15) is 0 Å². The first-order valence-corrected chi connectivity index (χ1v) is 8.23. The maximum atomic E-state index is 12.2. The Balaban J connectivity index is 3.25. The summed E-state index contributed by atoms with van der Waals surface area (Å²) in [5.41, 5.74) is 2.17. The Morgan fingerprint density at radius 3 is 2.39 bits per heavy atom. The molecule has 0 aliphatic heterocycles. The molecule has 1 atom stereocenters. The number of rotatable bonds is 7. The molecule has 3 nitrogen and oxygen atoms in total. The van der Waals surface area contributed by atoms with Crippen LogP contribution >= 0.6 is 7.60 Å². The van der Waals surface area contributed by atoms with Crippen molar-refractivity contribution in [3.8, 4) is 0 Å². The second kappa shape index (κ2) is 7.08. The van der Waals surface area contributed by atoms with Gasteiger partial charge >= 0.3 is 7.60 Å². The summed E-state index contributed by atoms with van der Waals surface area (Å²) in [5.74, 6) is 0. The third-order valence-electron chi connectivity index (χ3n) is 2.88. The van der Waals surface area contributed by atoms with Crippen molar-refractivity contribution < 1.29 is 14.0 Å². The molecule has 0 radical (unpaired) electrons. The molecule has 0 aliphatic carbocycles. The Morgan fingerprint density at radius 2 is 1.83 bits per heavy atom. The number of hydrogen-bond donors (Lipinski definition) is 1. The lowest BCUT2D eigenvalue weighted by atomic mass is 10.00. The van der Waals surface area contributed by atoms with Gasteiger partial charge in [0.05, 0.1) is 11.9 Å². The van der Waals surface area contributed by atoms with Crippen molar-refractivity contribution in [2.75, 3.05) is 6.61 Å². The van der Waals surface area contributed by atoms with Crippen molar-refractivity contribution in [2.45, 2.75) is 46.5 Å². The van der Waals surface area contributed by atoms with Crippen LogP contribution in [-0.2, 0) is 21.9 Å². The van der Waals surface area contributed by atoms with Crippen LogP contribution in [0.1, 0.15) is 44.7 Å². The normalized spacial score (nSPS) is 14.4. The topological polar surface area (TPSA) is 46.5 Å². The van der Waals surface area contributed by atoms with E-state index in [0.29, 0.717) is 5.30 Å². The zero-order valence-electron chi connectivity index (χ0n) is 11.5. The van der Waals surface area contributed by atoms with Crippen LogP contribution in [0.25, 0.3) is 0 Å². The van der Waals surface area contributed by atoms with Gasteiger partial charge in [-0.05, 0) is 37.0 Å². The van der Waals surface area contributed by atoms with Gasteiger partial charge in [-0.25, -0.2) is 0 Å². The largest absolute Gasteiger partial charge is 0.359 e. The third-order valence-corrected chi connectivity index (χ3v) is 4.51. The highest BCUT2D eigenvalue weighted by molar-refractivity contribution is 7.61.